The quantitative estimate of drug-likeness (QED) is 0.352. The SMILES string of the molecule is NC(N)N/N=C/CCC1CCCCC1. The number of hydrogen-bond acceptors (Lipinski definition) is 4. The lowest BCUT2D eigenvalue weighted by atomic mass is 9.86. The number of hydrazone groups is 1. The highest BCUT2D eigenvalue weighted by Crippen LogP contribution is 2.26. The fourth-order valence-corrected chi connectivity index (χ4v) is 1.99. The van der Waals surface area contributed by atoms with Gasteiger partial charge >= 0.3 is 0 Å². The molecule has 0 aromatic rings. The Morgan fingerprint density at radius 2 is 2.00 bits per heavy atom. The molecule has 0 aromatic heterocycles. The molecule has 0 unspecified atom stereocenters. The Balaban J connectivity index is 1.99. The van der Waals surface area contributed by atoms with Crippen LogP contribution in [0.25, 0.3) is 0 Å². The van der Waals surface area contributed by atoms with E-state index < -0.39 is 6.29 Å². The second kappa shape index (κ2) is 6.79. The van der Waals surface area contributed by atoms with Gasteiger partial charge in [-0.25, -0.2) is 0 Å². The first kappa shape index (κ1) is 11.5. The van der Waals surface area contributed by atoms with E-state index in [1.54, 1.807) is 0 Å². The van der Waals surface area contributed by atoms with Crippen LogP contribution in [0.15, 0.2) is 5.10 Å². The van der Waals surface area contributed by atoms with Crippen molar-refractivity contribution in [1.82, 2.24) is 5.43 Å². The third kappa shape index (κ3) is 5.19. The van der Waals surface area contributed by atoms with E-state index in [4.69, 9.17) is 11.5 Å². The molecule has 0 aliphatic heterocycles. The molecule has 0 radical (unpaired) electrons. The van der Waals surface area contributed by atoms with Crippen LogP contribution in [-0.4, -0.2) is 12.5 Å². The van der Waals surface area contributed by atoms with Gasteiger partial charge < -0.3 is 0 Å². The Labute approximate surface area is 86.1 Å². The number of nitrogens with one attached hydrogen (secondary N) is 1. The maximum atomic E-state index is 5.27. The van der Waals surface area contributed by atoms with Gasteiger partial charge in [0.15, 0.2) is 0 Å². The zero-order valence-corrected chi connectivity index (χ0v) is 8.78. The minimum absolute atomic E-state index is 0.541. The van der Waals surface area contributed by atoms with Crippen molar-refractivity contribution in [3.8, 4) is 0 Å². The Hall–Kier alpha value is -0.610. The lowest BCUT2D eigenvalue weighted by Gasteiger charge is -2.20. The third-order valence-corrected chi connectivity index (χ3v) is 2.74. The van der Waals surface area contributed by atoms with E-state index >= 15 is 0 Å². The van der Waals surface area contributed by atoms with Gasteiger partial charge in [0.2, 0.25) is 0 Å². The van der Waals surface area contributed by atoms with Crippen LogP contribution in [0.2, 0.25) is 0 Å². The van der Waals surface area contributed by atoms with Gasteiger partial charge in [0.05, 0.1) is 0 Å². The van der Waals surface area contributed by atoms with Crippen LogP contribution in [0, 0.1) is 5.92 Å². The van der Waals surface area contributed by atoms with Crippen LogP contribution in [-0.2, 0) is 0 Å². The highest BCUT2D eigenvalue weighted by molar-refractivity contribution is 5.56. The predicted molar refractivity (Wildman–Crippen MR) is 59.6 cm³/mol. The zero-order valence-electron chi connectivity index (χ0n) is 8.78. The Morgan fingerprint density at radius 1 is 1.29 bits per heavy atom. The molecule has 1 rings (SSSR count). The summed E-state index contributed by atoms with van der Waals surface area (Å²) in [5, 5.41) is 3.93. The molecule has 5 N–H and O–H groups in total. The van der Waals surface area contributed by atoms with Gasteiger partial charge in [0.25, 0.3) is 0 Å². The second-order valence-electron chi connectivity index (χ2n) is 4.05. The molecular weight excluding hydrogens is 176 g/mol. The van der Waals surface area contributed by atoms with Gasteiger partial charge in [-0.3, -0.25) is 16.9 Å². The molecular formula is C10H22N4. The van der Waals surface area contributed by atoms with Crippen molar-refractivity contribution in [1.29, 1.82) is 0 Å². The molecule has 1 aliphatic carbocycles. The van der Waals surface area contributed by atoms with Crippen molar-refractivity contribution >= 4 is 6.21 Å². The van der Waals surface area contributed by atoms with E-state index in [0.29, 0.717) is 0 Å². The first-order valence-corrected chi connectivity index (χ1v) is 5.57. The summed E-state index contributed by atoms with van der Waals surface area (Å²) in [5.41, 5.74) is 13.1. The van der Waals surface area contributed by atoms with E-state index in [1.807, 2.05) is 6.21 Å². The Morgan fingerprint density at radius 3 is 2.64 bits per heavy atom. The van der Waals surface area contributed by atoms with Crippen molar-refractivity contribution < 1.29 is 0 Å². The number of nitrogens with zero attached hydrogens (tertiary/aromatic N) is 1. The number of rotatable bonds is 5. The second-order valence-corrected chi connectivity index (χ2v) is 4.05. The summed E-state index contributed by atoms with van der Waals surface area (Å²) in [6.07, 6.45) is 10.7. The largest absolute Gasteiger partial charge is 0.298 e. The lowest BCUT2D eigenvalue weighted by molar-refractivity contribution is 0.344. The van der Waals surface area contributed by atoms with Crippen molar-refractivity contribution in [2.45, 2.75) is 51.2 Å². The molecule has 1 saturated carbocycles. The summed E-state index contributed by atoms with van der Waals surface area (Å²) in [4.78, 5) is 0. The third-order valence-electron chi connectivity index (χ3n) is 2.74. The van der Waals surface area contributed by atoms with Gasteiger partial charge in [-0.2, -0.15) is 5.10 Å². The topological polar surface area (TPSA) is 76.4 Å². The van der Waals surface area contributed by atoms with E-state index in [2.05, 4.69) is 10.5 Å². The summed E-state index contributed by atoms with van der Waals surface area (Å²) in [5.74, 6) is 0.918. The molecule has 4 nitrogen and oxygen atoms in total. The van der Waals surface area contributed by atoms with Crippen LogP contribution in [0.4, 0.5) is 0 Å². The fraction of sp³-hybridized carbons (Fsp3) is 0.900. The Bertz CT molecular complexity index is 162. The lowest BCUT2D eigenvalue weighted by Crippen LogP contribution is -2.42. The van der Waals surface area contributed by atoms with Gasteiger partial charge in [-0.05, 0) is 18.8 Å². The molecule has 0 saturated heterocycles. The van der Waals surface area contributed by atoms with Crippen molar-refractivity contribution in [2.75, 3.05) is 0 Å². The maximum Gasteiger partial charge on any atom is 0.142 e. The van der Waals surface area contributed by atoms with Crippen LogP contribution >= 0.6 is 0 Å². The highest BCUT2D eigenvalue weighted by atomic mass is 15.4. The van der Waals surface area contributed by atoms with Crippen LogP contribution in [0.1, 0.15) is 44.9 Å². The average Bonchev–Trinajstić information content (AvgIpc) is 2.18. The molecule has 0 bridgehead atoms. The minimum Gasteiger partial charge on any atom is -0.298 e. The average molecular weight is 198 g/mol. The summed E-state index contributed by atoms with van der Waals surface area (Å²) in [6, 6.07) is 0. The van der Waals surface area contributed by atoms with Gasteiger partial charge in [0, 0.05) is 6.21 Å². The smallest absolute Gasteiger partial charge is 0.142 e. The first-order valence-electron chi connectivity index (χ1n) is 5.57. The summed E-state index contributed by atoms with van der Waals surface area (Å²) in [7, 11) is 0. The van der Waals surface area contributed by atoms with Gasteiger partial charge in [-0.1, -0.05) is 32.1 Å². The summed E-state index contributed by atoms with van der Waals surface area (Å²) in [6.45, 7) is 0. The molecule has 0 atom stereocenters. The van der Waals surface area contributed by atoms with E-state index in [9.17, 15) is 0 Å². The number of hydrogen-bond donors (Lipinski definition) is 3. The van der Waals surface area contributed by atoms with Gasteiger partial charge in [-0.15, -0.1) is 0 Å². The van der Waals surface area contributed by atoms with Crippen LogP contribution in [0.5, 0.6) is 0 Å². The standard InChI is InChI=1S/C10H22N4/c11-10(12)14-13-8-4-7-9-5-2-1-3-6-9/h8-10,14H,1-7,11-12H2/b13-8+. The molecule has 1 aliphatic rings. The Kier molecular flexibility index (Phi) is 5.56. The normalized spacial score (nSPS) is 19.4. The maximum absolute atomic E-state index is 5.27. The van der Waals surface area contributed by atoms with E-state index in [-0.39, 0.29) is 0 Å². The van der Waals surface area contributed by atoms with Crippen molar-refractivity contribution in [3.05, 3.63) is 0 Å². The molecule has 14 heavy (non-hydrogen) atoms. The molecule has 1 fully saturated rings. The monoisotopic (exact) mass is 198 g/mol. The summed E-state index contributed by atoms with van der Waals surface area (Å²) < 4.78 is 0. The first-order chi connectivity index (χ1) is 6.79. The fourth-order valence-electron chi connectivity index (χ4n) is 1.99. The van der Waals surface area contributed by atoms with E-state index in [1.165, 1.54) is 38.5 Å². The molecule has 0 heterocycles. The van der Waals surface area contributed by atoms with E-state index in [0.717, 1.165) is 12.3 Å². The molecule has 0 amide bonds. The van der Waals surface area contributed by atoms with Crippen LogP contribution in [0.3, 0.4) is 0 Å². The minimum atomic E-state index is -0.541. The van der Waals surface area contributed by atoms with Gasteiger partial charge in [0.1, 0.15) is 6.29 Å². The summed E-state index contributed by atoms with van der Waals surface area (Å²) >= 11 is 0. The highest BCUT2D eigenvalue weighted by Gasteiger charge is 2.11. The number of nitrogens with two attached hydrogens (primary N) is 2. The van der Waals surface area contributed by atoms with Crippen molar-refractivity contribution in [2.24, 2.45) is 22.5 Å². The molecule has 0 spiro atoms. The zero-order chi connectivity index (χ0) is 10.2. The molecule has 0 aromatic carbocycles. The molecule has 82 valence electrons. The van der Waals surface area contributed by atoms with Crippen molar-refractivity contribution in [3.63, 3.8) is 0 Å². The van der Waals surface area contributed by atoms with Crippen LogP contribution < -0.4 is 16.9 Å². The predicted octanol–water partition coefficient (Wildman–Crippen LogP) is 1.12. The molecule has 4 heteroatoms.